The molecule has 1 aliphatic rings. The van der Waals surface area contributed by atoms with E-state index in [1.165, 1.54) is 4.90 Å². The van der Waals surface area contributed by atoms with Gasteiger partial charge in [0.1, 0.15) is 5.54 Å². The van der Waals surface area contributed by atoms with Gasteiger partial charge in [-0.2, -0.15) is 0 Å². The van der Waals surface area contributed by atoms with Gasteiger partial charge in [0.25, 0.3) is 0 Å². The highest BCUT2D eigenvalue weighted by Crippen LogP contribution is 2.24. The molecule has 0 aliphatic carbocycles. The minimum absolute atomic E-state index is 0.0997. The van der Waals surface area contributed by atoms with Gasteiger partial charge >= 0.3 is 6.09 Å². The van der Waals surface area contributed by atoms with E-state index in [2.05, 4.69) is 11.2 Å². The topological polar surface area (TPSA) is 69.6 Å². The molecule has 0 aromatic carbocycles. The third-order valence-electron chi connectivity index (χ3n) is 2.38. The molecular weight excluding hydrogens is 184 g/mol. The predicted molar refractivity (Wildman–Crippen MR) is 49.6 cm³/mol. The summed E-state index contributed by atoms with van der Waals surface area (Å²) in [5.74, 6) is 2.08. The van der Waals surface area contributed by atoms with Gasteiger partial charge in [-0.3, -0.25) is 4.79 Å². The number of likely N-dealkylation sites (N-methyl/N-ethyl adjacent to an activating group) is 1. The molecule has 1 heterocycles. The summed E-state index contributed by atoms with van der Waals surface area (Å²) in [6.45, 7) is 0.529. The Balaban J connectivity index is 2.89. The number of terminal acetylenes is 1. The lowest BCUT2D eigenvalue weighted by Crippen LogP contribution is -2.53. The largest absolute Gasteiger partial charge is 0.465 e. The van der Waals surface area contributed by atoms with Gasteiger partial charge in [0, 0.05) is 20.0 Å². The fourth-order valence-corrected chi connectivity index (χ4v) is 1.64. The van der Waals surface area contributed by atoms with E-state index < -0.39 is 11.6 Å². The highest BCUT2D eigenvalue weighted by atomic mass is 16.4. The molecule has 0 radical (unpaired) electrons. The average Bonchev–Trinajstić information content (AvgIpc) is 2.34. The molecule has 1 saturated heterocycles. The molecule has 76 valence electrons. The molecule has 1 aliphatic heterocycles. The van der Waals surface area contributed by atoms with Crippen molar-refractivity contribution in [3.05, 3.63) is 0 Å². The van der Waals surface area contributed by atoms with Crippen LogP contribution in [0, 0.1) is 12.3 Å². The van der Waals surface area contributed by atoms with Crippen LogP contribution in [0.4, 0.5) is 4.79 Å². The molecule has 1 fully saturated rings. The minimum Gasteiger partial charge on any atom is -0.465 e. The Bertz CT molecular complexity index is 308. The van der Waals surface area contributed by atoms with Crippen LogP contribution in [-0.4, -0.2) is 41.1 Å². The maximum atomic E-state index is 11.7. The van der Waals surface area contributed by atoms with Crippen LogP contribution >= 0.6 is 0 Å². The summed E-state index contributed by atoms with van der Waals surface area (Å²) < 4.78 is 0. The normalized spacial score (nSPS) is 26.0. The molecule has 2 amide bonds. The molecule has 0 bridgehead atoms. The van der Waals surface area contributed by atoms with E-state index >= 15 is 0 Å². The Morgan fingerprint density at radius 1 is 1.86 bits per heavy atom. The smallest absolute Gasteiger partial charge is 0.405 e. The SMILES string of the molecule is C#CCC1(NC(=O)O)CCN(C)C1=O. The van der Waals surface area contributed by atoms with Crippen LogP contribution in [0.2, 0.25) is 0 Å². The first-order valence-corrected chi connectivity index (χ1v) is 4.22. The Morgan fingerprint density at radius 3 is 2.86 bits per heavy atom. The monoisotopic (exact) mass is 196 g/mol. The lowest BCUT2D eigenvalue weighted by molar-refractivity contribution is -0.131. The van der Waals surface area contributed by atoms with E-state index in [1.54, 1.807) is 7.05 Å². The fraction of sp³-hybridized carbons (Fsp3) is 0.556. The molecule has 0 saturated carbocycles. The summed E-state index contributed by atoms with van der Waals surface area (Å²) in [6, 6.07) is 0. The molecule has 1 rings (SSSR count). The number of nitrogens with one attached hydrogen (secondary N) is 1. The number of carbonyl (C=O) groups is 2. The van der Waals surface area contributed by atoms with Gasteiger partial charge in [-0.15, -0.1) is 12.3 Å². The Hall–Kier alpha value is -1.70. The number of hydrogen-bond donors (Lipinski definition) is 2. The van der Waals surface area contributed by atoms with Crippen molar-refractivity contribution in [2.75, 3.05) is 13.6 Å². The summed E-state index contributed by atoms with van der Waals surface area (Å²) in [5, 5.41) is 10.8. The van der Waals surface area contributed by atoms with Gasteiger partial charge in [0.05, 0.1) is 0 Å². The third kappa shape index (κ3) is 1.64. The Morgan fingerprint density at radius 2 is 2.50 bits per heavy atom. The maximum absolute atomic E-state index is 11.7. The second kappa shape index (κ2) is 3.58. The number of hydrogen-bond acceptors (Lipinski definition) is 2. The van der Waals surface area contributed by atoms with E-state index in [1.807, 2.05) is 0 Å². The van der Waals surface area contributed by atoms with Gasteiger partial charge in [-0.05, 0) is 6.42 Å². The van der Waals surface area contributed by atoms with E-state index in [-0.39, 0.29) is 12.3 Å². The van der Waals surface area contributed by atoms with Gasteiger partial charge in [-0.1, -0.05) is 0 Å². The summed E-state index contributed by atoms with van der Waals surface area (Å²) in [5.41, 5.74) is -1.10. The Labute approximate surface area is 82.1 Å². The van der Waals surface area contributed by atoms with Gasteiger partial charge in [0.15, 0.2) is 0 Å². The second-order valence-electron chi connectivity index (χ2n) is 3.37. The van der Waals surface area contributed by atoms with Crippen molar-refractivity contribution in [1.29, 1.82) is 0 Å². The zero-order chi connectivity index (χ0) is 10.8. The fourth-order valence-electron chi connectivity index (χ4n) is 1.64. The van der Waals surface area contributed by atoms with E-state index in [4.69, 9.17) is 11.5 Å². The van der Waals surface area contributed by atoms with E-state index in [9.17, 15) is 9.59 Å². The van der Waals surface area contributed by atoms with Crippen LogP contribution in [0.3, 0.4) is 0 Å². The van der Waals surface area contributed by atoms with Crippen molar-refractivity contribution in [2.24, 2.45) is 0 Å². The minimum atomic E-state index is -1.22. The molecule has 5 nitrogen and oxygen atoms in total. The lowest BCUT2D eigenvalue weighted by atomic mass is 9.94. The predicted octanol–water partition coefficient (Wildman–Crippen LogP) is -0.122. The lowest BCUT2D eigenvalue weighted by Gasteiger charge is -2.24. The molecule has 1 unspecified atom stereocenters. The molecule has 0 aromatic heterocycles. The summed E-state index contributed by atoms with van der Waals surface area (Å²) in [4.78, 5) is 23.7. The molecule has 0 spiro atoms. The first-order valence-electron chi connectivity index (χ1n) is 4.22. The van der Waals surface area contributed by atoms with Crippen molar-refractivity contribution < 1.29 is 14.7 Å². The zero-order valence-electron chi connectivity index (χ0n) is 7.91. The number of nitrogens with zero attached hydrogens (tertiary/aromatic N) is 1. The molecular formula is C9H12N2O3. The molecule has 0 aromatic rings. The Kier molecular flexibility index (Phi) is 2.65. The zero-order valence-corrected chi connectivity index (χ0v) is 7.91. The average molecular weight is 196 g/mol. The van der Waals surface area contributed by atoms with Crippen LogP contribution in [-0.2, 0) is 4.79 Å². The second-order valence-corrected chi connectivity index (χ2v) is 3.37. The molecule has 1 atom stereocenters. The van der Waals surface area contributed by atoms with Crippen LogP contribution in [0.15, 0.2) is 0 Å². The van der Waals surface area contributed by atoms with Gasteiger partial charge < -0.3 is 15.3 Å². The molecule has 5 heteroatoms. The highest BCUT2D eigenvalue weighted by molar-refractivity contribution is 5.91. The molecule has 14 heavy (non-hydrogen) atoms. The number of amides is 2. The van der Waals surface area contributed by atoms with Crippen LogP contribution in [0.25, 0.3) is 0 Å². The van der Waals surface area contributed by atoms with Crippen molar-refractivity contribution in [2.45, 2.75) is 18.4 Å². The standard InChI is InChI=1S/C9H12N2O3/c1-3-4-9(10-8(13)14)5-6-11(2)7(9)12/h1,10H,4-6H2,2H3,(H,13,14). The summed E-state index contributed by atoms with van der Waals surface area (Å²) in [7, 11) is 1.63. The number of likely N-dealkylation sites (tertiary alicyclic amines) is 1. The van der Waals surface area contributed by atoms with Crippen LogP contribution in [0.5, 0.6) is 0 Å². The van der Waals surface area contributed by atoms with Crippen molar-refractivity contribution in [3.8, 4) is 12.3 Å². The van der Waals surface area contributed by atoms with Crippen molar-refractivity contribution >= 4 is 12.0 Å². The van der Waals surface area contributed by atoms with Crippen LogP contribution < -0.4 is 5.32 Å². The highest BCUT2D eigenvalue weighted by Gasteiger charge is 2.46. The van der Waals surface area contributed by atoms with Crippen LogP contribution in [0.1, 0.15) is 12.8 Å². The summed E-state index contributed by atoms with van der Waals surface area (Å²) in [6.07, 6.45) is 4.43. The summed E-state index contributed by atoms with van der Waals surface area (Å²) >= 11 is 0. The van der Waals surface area contributed by atoms with E-state index in [0.717, 1.165) is 0 Å². The number of carbonyl (C=O) groups excluding carboxylic acids is 1. The third-order valence-corrected chi connectivity index (χ3v) is 2.38. The quantitative estimate of drug-likeness (QED) is 0.605. The van der Waals surface area contributed by atoms with E-state index in [0.29, 0.717) is 13.0 Å². The number of carboxylic acid groups (broad SMARTS) is 1. The maximum Gasteiger partial charge on any atom is 0.405 e. The van der Waals surface area contributed by atoms with Gasteiger partial charge in [0.2, 0.25) is 5.91 Å². The van der Waals surface area contributed by atoms with Crippen molar-refractivity contribution in [1.82, 2.24) is 10.2 Å². The number of rotatable bonds is 2. The molecule has 2 N–H and O–H groups in total. The first-order chi connectivity index (χ1) is 6.52. The van der Waals surface area contributed by atoms with Gasteiger partial charge in [-0.25, -0.2) is 4.79 Å². The van der Waals surface area contributed by atoms with Crippen molar-refractivity contribution in [3.63, 3.8) is 0 Å². The first kappa shape index (κ1) is 10.4.